The third-order valence-corrected chi connectivity index (χ3v) is 5.21. The summed E-state index contributed by atoms with van der Waals surface area (Å²) in [5, 5.41) is 15.6. The lowest BCUT2D eigenvalue weighted by Crippen LogP contribution is -2.38. The molecule has 5 heteroatoms. The highest BCUT2D eigenvalue weighted by Gasteiger charge is 2.17. The minimum absolute atomic E-state index is 0.0946. The van der Waals surface area contributed by atoms with E-state index in [0.717, 1.165) is 57.4 Å². The number of aliphatic hydroxyl groups is 1. The van der Waals surface area contributed by atoms with E-state index >= 15 is 0 Å². The van der Waals surface area contributed by atoms with Crippen molar-refractivity contribution >= 4 is 6.03 Å². The molecule has 0 aliphatic carbocycles. The molecule has 0 bridgehead atoms. The molecule has 0 unspecified atom stereocenters. The number of benzene rings is 1. The molecule has 1 fully saturated rings. The lowest BCUT2D eigenvalue weighted by atomic mass is 10.0. The summed E-state index contributed by atoms with van der Waals surface area (Å²) in [6.07, 6.45) is 3.72. The normalized spacial score (nSPS) is 16.2. The number of carbonyl (C=O) groups is 1. The predicted molar refractivity (Wildman–Crippen MR) is 101 cm³/mol. The van der Waals surface area contributed by atoms with Gasteiger partial charge in [-0.3, -0.25) is 4.90 Å². The van der Waals surface area contributed by atoms with Gasteiger partial charge < -0.3 is 15.7 Å². The Balaban J connectivity index is 1.82. The van der Waals surface area contributed by atoms with E-state index in [0.29, 0.717) is 12.5 Å². The maximum atomic E-state index is 12.0. The van der Waals surface area contributed by atoms with Gasteiger partial charge >= 0.3 is 6.03 Å². The van der Waals surface area contributed by atoms with Gasteiger partial charge in [0.15, 0.2) is 0 Å². The second-order valence-electron chi connectivity index (χ2n) is 7.02. The number of carbonyl (C=O) groups excluding carboxylic acids is 1. The predicted octanol–water partition coefficient (Wildman–Crippen LogP) is 2.88. The van der Waals surface area contributed by atoms with E-state index < -0.39 is 0 Å². The quantitative estimate of drug-likeness (QED) is 0.677. The van der Waals surface area contributed by atoms with Crippen LogP contribution in [0.5, 0.6) is 0 Å². The zero-order valence-electron chi connectivity index (χ0n) is 15.6. The van der Waals surface area contributed by atoms with E-state index in [4.69, 9.17) is 0 Å². The Morgan fingerprint density at radius 3 is 2.44 bits per heavy atom. The van der Waals surface area contributed by atoms with Gasteiger partial charge in [0, 0.05) is 32.7 Å². The van der Waals surface area contributed by atoms with E-state index in [9.17, 15) is 9.90 Å². The molecule has 0 aromatic heterocycles. The van der Waals surface area contributed by atoms with Gasteiger partial charge in [-0.1, -0.05) is 51.0 Å². The van der Waals surface area contributed by atoms with E-state index in [2.05, 4.69) is 41.5 Å². The molecular weight excluding hydrogens is 314 g/mol. The van der Waals surface area contributed by atoms with E-state index in [1.807, 2.05) is 12.1 Å². The molecule has 0 spiro atoms. The SMILES string of the molecule is CCC(CC)CNC(=O)NCc1ccccc1CN1CCC(O)CC1. The number of urea groups is 1. The van der Waals surface area contributed by atoms with Gasteiger partial charge in [0.05, 0.1) is 6.10 Å². The van der Waals surface area contributed by atoms with Crippen LogP contribution in [-0.2, 0) is 13.1 Å². The van der Waals surface area contributed by atoms with Crippen molar-refractivity contribution in [2.24, 2.45) is 5.92 Å². The van der Waals surface area contributed by atoms with E-state index in [-0.39, 0.29) is 12.1 Å². The molecule has 1 aliphatic heterocycles. The molecule has 3 N–H and O–H groups in total. The number of amides is 2. The topological polar surface area (TPSA) is 64.6 Å². The van der Waals surface area contributed by atoms with Gasteiger partial charge in [0.1, 0.15) is 0 Å². The molecule has 0 radical (unpaired) electrons. The summed E-state index contributed by atoms with van der Waals surface area (Å²) < 4.78 is 0. The summed E-state index contributed by atoms with van der Waals surface area (Å²) in [7, 11) is 0. The van der Waals surface area contributed by atoms with Crippen molar-refractivity contribution in [2.75, 3.05) is 19.6 Å². The highest BCUT2D eigenvalue weighted by molar-refractivity contribution is 5.73. The molecule has 1 aliphatic rings. The van der Waals surface area contributed by atoms with Gasteiger partial charge in [-0.2, -0.15) is 0 Å². The number of aliphatic hydroxyl groups excluding tert-OH is 1. The molecule has 1 heterocycles. The Labute approximate surface area is 151 Å². The largest absolute Gasteiger partial charge is 0.393 e. The molecule has 1 aromatic carbocycles. The lowest BCUT2D eigenvalue weighted by molar-refractivity contribution is 0.0791. The van der Waals surface area contributed by atoms with Crippen molar-refractivity contribution in [2.45, 2.75) is 58.7 Å². The summed E-state index contributed by atoms with van der Waals surface area (Å²) in [5.74, 6) is 0.549. The van der Waals surface area contributed by atoms with Crippen molar-refractivity contribution in [3.05, 3.63) is 35.4 Å². The fraction of sp³-hybridized carbons (Fsp3) is 0.650. The number of nitrogens with zero attached hydrogens (tertiary/aromatic N) is 1. The second-order valence-corrected chi connectivity index (χ2v) is 7.02. The number of nitrogens with one attached hydrogen (secondary N) is 2. The van der Waals surface area contributed by atoms with Crippen molar-refractivity contribution < 1.29 is 9.90 Å². The molecule has 0 saturated carbocycles. The maximum absolute atomic E-state index is 12.0. The summed E-state index contributed by atoms with van der Waals surface area (Å²) in [5.41, 5.74) is 2.41. The van der Waals surface area contributed by atoms with Crippen LogP contribution in [0.25, 0.3) is 0 Å². The number of hydrogen-bond acceptors (Lipinski definition) is 3. The van der Waals surface area contributed by atoms with Crippen LogP contribution in [-0.4, -0.2) is 41.8 Å². The second kappa shape index (κ2) is 10.4. The highest BCUT2D eigenvalue weighted by atomic mass is 16.3. The molecule has 25 heavy (non-hydrogen) atoms. The van der Waals surface area contributed by atoms with Gasteiger partial charge in [-0.05, 0) is 29.9 Å². The Kier molecular flexibility index (Phi) is 8.22. The zero-order chi connectivity index (χ0) is 18.1. The first-order chi connectivity index (χ1) is 12.1. The van der Waals surface area contributed by atoms with Gasteiger partial charge in [0.2, 0.25) is 0 Å². The van der Waals surface area contributed by atoms with Crippen molar-refractivity contribution in [3.63, 3.8) is 0 Å². The minimum Gasteiger partial charge on any atom is -0.393 e. The fourth-order valence-electron chi connectivity index (χ4n) is 3.25. The summed E-state index contributed by atoms with van der Waals surface area (Å²) >= 11 is 0. The Morgan fingerprint density at radius 2 is 1.80 bits per heavy atom. The summed E-state index contributed by atoms with van der Waals surface area (Å²) in [4.78, 5) is 14.4. The lowest BCUT2D eigenvalue weighted by Gasteiger charge is -2.30. The first-order valence-corrected chi connectivity index (χ1v) is 9.61. The van der Waals surface area contributed by atoms with Crippen LogP contribution in [0.1, 0.15) is 50.7 Å². The molecule has 2 amide bonds. The van der Waals surface area contributed by atoms with Gasteiger partial charge in [-0.25, -0.2) is 4.79 Å². The molecular formula is C20H33N3O2. The number of piperidine rings is 1. The molecule has 5 nitrogen and oxygen atoms in total. The Morgan fingerprint density at radius 1 is 1.16 bits per heavy atom. The first-order valence-electron chi connectivity index (χ1n) is 9.61. The summed E-state index contributed by atoms with van der Waals surface area (Å²) in [6, 6.07) is 8.18. The summed E-state index contributed by atoms with van der Waals surface area (Å²) in [6.45, 7) is 8.32. The van der Waals surface area contributed by atoms with Gasteiger partial charge in [-0.15, -0.1) is 0 Å². The van der Waals surface area contributed by atoms with Crippen LogP contribution in [0.2, 0.25) is 0 Å². The van der Waals surface area contributed by atoms with Crippen LogP contribution in [0.15, 0.2) is 24.3 Å². The van der Waals surface area contributed by atoms with E-state index in [1.54, 1.807) is 0 Å². The zero-order valence-corrected chi connectivity index (χ0v) is 15.6. The Bertz CT molecular complexity index is 523. The standard InChI is InChI=1S/C20H33N3O2/c1-3-16(4-2)13-21-20(25)22-14-17-7-5-6-8-18(17)15-23-11-9-19(24)10-12-23/h5-8,16,19,24H,3-4,9-15H2,1-2H3,(H2,21,22,25). The van der Waals surface area contributed by atoms with Crippen molar-refractivity contribution in [1.29, 1.82) is 0 Å². The average molecular weight is 348 g/mol. The smallest absolute Gasteiger partial charge is 0.315 e. The number of likely N-dealkylation sites (tertiary alicyclic amines) is 1. The average Bonchev–Trinajstić information content (AvgIpc) is 2.63. The highest BCUT2D eigenvalue weighted by Crippen LogP contribution is 2.16. The molecule has 2 rings (SSSR count). The number of rotatable bonds is 8. The van der Waals surface area contributed by atoms with Crippen molar-refractivity contribution in [3.8, 4) is 0 Å². The minimum atomic E-state index is -0.146. The first kappa shape index (κ1) is 19.7. The van der Waals surface area contributed by atoms with Crippen LogP contribution in [0.3, 0.4) is 0 Å². The fourth-order valence-corrected chi connectivity index (χ4v) is 3.25. The van der Waals surface area contributed by atoms with Crippen molar-refractivity contribution in [1.82, 2.24) is 15.5 Å². The molecule has 140 valence electrons. The third kappa shape index (κ3) is 6.67. The maximum Gasteiger partial charge on any atom is 0.315 e. The molecule has 1 saturated heterocycles. The molecule has 1 aromatic rings. The van der Waals surface area contributed by atoms with Crippen LogP contribution < -0.4 is 10.6 Å². The van der Waals surface area contributed by atoms with Gasteiger partial charge in [0.25, 0.3) is 0 Å². The number of hydrogen-bond donors (Lipinski definition) is 3. The third-order valence-electron chi connectivity index (χ3n) is 5.21. The monoisotopic (exact) mass is 347 g/mol. The van der Waals surface area contributed by atoms with Crippen LogP contribution in [0, 0.1) is 5.92 Å². The van der Waals surface area contributed by atoms with Crippen LogP contribution >= 0.6 is 0 Å². The van der Waals surface area contributed by atoms with Crippen LogP contribution in [0.4, 0.5) is 4.79 Å². The molecule has 0 atom stereocenters. The van der Waals surface area contributed by atoms with E-state index in [1.165, 1.54) is 5.56 Å². The Hall–Kier alpha value is -1.59.